The van der Waals surface area contributed by atoms with E-state index < -0.39 is 0 Å². The van der Waals surface area contributed by atoms with Crippen LogP contribution in [0.4, 0.5) is 4.79 Å². The predicted molar refractivity (Wildman–Crippen MR) is 52.8 cm³/mol. The zero-order valence-electron chi connectivity index (χ0n) is 7.50. The van der Waals surface area contributed by atoms with Crippen molar-refractivity contribution in [2.24, 2.45) is 11.7 Å². The van der Waals surface area contributed by atoms with E-state index in [0.717, 1.165) is 24.2 Å². The Kier molecular flexibility index (Phi) is 2.37. The molecule has 1 unspecified atom stereocenters. The normalized spacial score (nSPS) is 26.3. The van der Waals surface area contributed by atoms with Crippen LogP contribution in [0.1, 0.15) is 19.3 Å². The van der Waals surface area contributed by atoms with Gasteiger partial charge in [-0.3, -0.25) is 9.52 Å². The van der Waals surface area contributed by atoms with Crippen LogP contribution in [0.2, 0.25) is 0 Å². The van der Waals surface area contributed by atoms with E-state index in [1.807, 2.05) is 0 Å². The molecule has 0 bridgehead atoms. The molecule has 1 aliphatic carbocycles. The van der Waals surface area contributed by atoms with Gasteiger partial charge < -0.3 is 11.1 Å². The fraction of sp³-hybridized carbons (Fsp3) is 0.500. The molecule has 2 aliphatic rings. The van der Waals surface area contributed by atoms with Crippen LogP contribution in [0.5, 0.6) is 0 Å². The quantitative estimate of drug-likeness (QED) is 0.553. The summed E-state index contributed by atoms with van der Waals surface area (Å²) < 4.78 is 2.60. The van der Waals surface area contributed by atoms with Crippen LogP contribution in [0.15, 0.2) is 10.6 Å². The Morgan fingerprint density at radius 3 is 3.07 bits per heavy atom. The third-order valence-electron chi connectivity index (χ3n) is 2.40. The number of hydrogen-bond donors (Lipinski definition) is 3. The third kappa shape index (κ3) is 1.57. The van der Waals surface area contributed by atoms with Gasteiger partial charge in [-0.25, -0.2) is 4.79 Å². The predicted octanol–water partition coefficient (Wildman–Crippen LogP) is 0.444. The molecular formula is C8H11N3O2S. The Labute approximate surface area is 85.6 Å². The molecule has 1 aliphatic heterocycles. The highest BCUT2D eigenvalue weighted by molar-refractivity contribution is 8.01. The van der Waals surface area contributed by atoms with E-state index in [1.54, 1.807) is 0 Å². The van der Waals surface area contributed by atoms with Crippen LogP contribution in [0.3, 0.4) is 0 Å². The van der Waals surface area contributed by atoms with Crippen molar-refractivity contribution < 1.29 is 9.59 Å². The van der Waals surface area contributed by atoms with Crippen molar-refractivity contribution in [2.75, 3.05) is 0 Å². The molecule has 0 radical (unpaired) electrons. The molecule has 0 saturated heterocycles. The summed E-state index contributed by atoms with van der Waals surface area (Å²) in [6.45, 7) is 0. The summed E-state index contributed by atoms with van der Waals surface area (Å²) in [5.74, 6) is -0.683. The molecule has 4 N–H and O–H groups in total. The summed E-state index contributed by atoms with van der Waals surface area (Å²) in [6, 6.07) is -0.276. The summed E-state index contributed by atoms with van der Waals surface area (Å²) in [5, 5.41) is 2.66. The minimum atomic E-state index is -0.361. The van der Waals surface area contributed by atoms with Crippen LogP contribution in [0, 0.1) is 5.92 Å². The number of rotatable bonds is 1. The molecular weight excluding hydrogens is 202 g/mol. The first-order valence-corrected chi connectivity index (χ1v) is 5.26. The average Bonchev–Trinajstić information content (AvgIpc) is 2.16. The molecule has 0 aromatic carbocycles. The van der Waals surface area contributed by atoms with Gasteiger partial charge in [-0.05, 0) is 31.2 Å². The zero-order chi connectivity index (χ0) is 10.1. The van der Waals surface area contributed by atoms with E-state index in [4.69, 9.17) is 5.73 Å². The van der Waals surface area contributed by atoms with Gasteiger partial charge in [0.15, 0.2) is 0 Å². The third-order valence-corrected chi connectivity index (χ3v) is 3.36. The highest BCUT2D eigenvalue weighted by Gasteiger charge is 2.31. The number of nitrogens with one attached hydrogen (secondary N) is 2. The number of allylic oxidation sites excluding steroid dienone is 1. The van der Waals surface area contributed by atoms with Gasteiger partial charge in [0, 0.05) is 10.6 Å². The van der Waals surface area contributed by atoms with Gasteiger partial charge in [0.1, 0.15) is 0 Å². The second-order valence-corrected chi connectivity index (χ2v) is 4.24. The molecule has 76 valence electrons. The molecule has 1 atom stereocenters. The van der Waals surface area contributed by atoms with Gasteiger partial charge in [0.2, 0.25) is 5.91 Å². The fourth-order valence-electron chi connectivity index (χ4n) is 1.74. The van der Waals surface area contributed by atoms with Crippen molar-refractivity contribution in [3.05, 3.63) is 10.6 Å². The van der Waals surface area contributed by atoms with E-state index in [2.05, 4.69) is 10.0 Å². The first-order valence-electron chi connectivity index (χ1n) is 4.44. The summed E-state index contributed by atoms with van der Waals surface area (Å²) in [7, 11) is 0. The van der Waals surface area contributed by atoms with Gasteiger partial charge in [-0.15, -0.1) is 0 Å². The van der Waals surface area contributed by atoms with Crippen molar-refractivity contribution in [1.29, 1.82) is 0 Å². The SMILES string of the molecule is NC(=O)C1CCCC2=C1NC(=O)NS2. The van der Waals surface area contributed by atoms with Gasteiger partial charge in [-0.2, -0.15) is 0 Å². The number of urea groups is 1. The lowest BCUT2D eigenvalue weighted by molar-refractivity contribution is -0.121. The topological polar surface area (TPSA) is 84.2 Å². The van der Waals surface area contributed by atoms with Crippen molar-refractivity contribution in [3.8, 4) is 0 Å². The monoisotopic (exact) mass is 213 g/mol. The van der Waals surface area contributed by atoms with Crippen molar-refractivity contribution >= 4 is 23.9 Å². The van der Waals surface area contributed by atoms with E-state index in [1.165, 1.54) is 11.9 Å². The van der Waals surface area contributed by atoms with E-state index in [-0.39, 0.29) is 17.9 Å². The molecule has 0 spiro atoms. The Bertz CT molecular complexity index is 327. The Morgan fingerprint density at radius 2 is 2.36 bits per heavy atom. The lowest BCUT2D eigenvalue weighted by Crippen LogP contribution is -2.42. The maximum absolute atomic E-state index is 11.1. The van der Waals surface area contributed by atoms with Gasteiger partial charge in [-0.1, -0.05) is 0 Å². The molecule has 5 nitrogen and oxygen atoms in total. The number of carbonyl (C=O) groups is 2. The van der Waals surface area contributed by atoms with Crippen LogP contribution in [0.25, 0.3) is 0 Å². The van der Waals surface area contributed by atoms with Gasteiger partial charge in [0.05, 0.1) is 5.92 Å². The molecule has 0 aromatic heterocycles. The minimum absolute atomic E-state index is 0.276. The summed E-state index contributed by atoms with van der Waals surface area (Å²) >= 11 is 1.29. The first-order chi connectivity index (χ1) is 6.68. The smallest absolute Gasteiger partial charge is 0.329 e. The van der Waals surface area contributed by atoms with E-state index >= 15 is 0 Å². The molecule has 14 heavy (non-hydrogen) atoms. The molecule has 0 fully saturated rings. The molecule has 0 saturated carbocycles. The fourth-order valence-corrected chi connectivity index (χ4v) is 2.56. The maximum Gasteiger partial charge on any atom is 0.329 e. The number of primary amides is 1. The highest BCUT2D eigenvalue weighted by atomic mass is 32.2. The molecule has 6 heteroatoms. The Hall–Kier alpha value is -1.17. The Morgan fingerprint density at radius 1 is 1.57 bits per heavy atom. The average molecular weight is 213 g/mol. The second kappa shape index (κ2) is 3.53. The van der Waals surface area contributed by atoms with E-state index in [9.17, 15) is 9.59 Å². The first kappa shape index (κ1) is 9.39. The second-order valence-electron chi connectivity index (χ2n) is 3.34. The summed E-state index contributed by atoms with van der Waals surface area (Å²) in [6.07, 6.45) is 2.57. The van der Waals surface area contributed by atoms with Crippen LogP contribution in [-0.2, 0) is 4.79 Å². The minimum Gasteiger partial charge on any atom is -0.369 e. The summed E-state index contributed by atoms with van der Waals surface area (Å²) in [4.78, 5) is 23.2. The molecule has 3 amide bonds. The largest absolute Gasteiger partial charge is 0.369 e. The van der Waals surface area contributed by atoms with Gasteiger partial charge >= 0.3 is 6.03 Å². The number of nitrogens with two attached hydrogens (primary N) is 1. The Balaban J connectivity index is 2.29. The summed E-state index contributed by atoms with van der Waals surface area (Å²) in [5.41, 5.74) is 5.97. The van der Waals surface area contributed by atoms with Crippen LogP contribution < -0.4 is 15.8 Å². The molecule has 2 rings (SSSR count). The number of carbonyl (C=O) groups excluding carboxylic acids is 2. The standard InChI is InChI=1S/C8H11N3O2S/c9-7(12)4-2-1-3-5-6(4)10-8(13)11-14-5/h4H,1-3H2,(H2,9,12)(H2,10,11,13). The van der Waals surface area contributed by atoms with Gasteiger partial charge in [0.25, 0.3) is 0 Å². The molecule has 0 aromatic rings. The lowest BCUT2D eigenvalue weighted by atomic mass is 9.91. The van der Waals surface area contributed by atoms with Crippen molar-refractivity contribution in [2.45, 2.75) is 19.3 Å². The van der Waals surface area contributed by atoms with Crippen LogP contribution in [-0.4, -0.2) is 11.9 Å². The number of amides is 3. The zero-order valence-corrected chi connectivity index (χ0v) is 8.32. The number of hydrogen-bond acceptors (Lipinski definition) is 3. The lowest BCUT2D eigenvalue weighted by Gasteiger charge is -2.29. The highest BCUT2D eigenvalue weighted by Crippen LogP contribution is 2.35. The van der Waals surface area contributed by atoms with Crippen molar-refractivity contribution in [1.82, 2.24) is 10.0 Å². The maximum atomic E-state index is 11.1. The molecule has 1 heterocycles. The van der Waals surface area contributed by atoms with Crippen molar-refractivity contribution in [3.63, 3.8) is 0 Å². The van der Waals surface area contributed by atoms with Crippen LogP contribution >= 0.6 is 11.9 Å². The van der Waals surface area contributed by atoms with E-state index in [0.29, 0.717) is 5.70 Å².